The minimum Gasteiger partial charge on any atom is -0.438 e. The molecule has 17 heavy (non-hydrogen) atoms. The minimum absolute atomic E-state index is 0.114. The van der Waals surface area contributed by atoms with Gasteiger partial charge in [0.15, 0.2) is 0 Å². The Balaban J connectivity index is 2.50. The summed E-state index contributed by atoms with van der Waals surface area (Å²) in [6.07, 6.45) is -4.58. The Kier molecular flexibility index (Phi) is 2.57. The summed E-state index contributed by atoms with van der Waals surface area (Å²) in [6.45, 7) is 1.43. The molecule has 0 unspecified atom stereocenters. The lowest BCUT2D eigenvalue weighted by Crippen LogP contribution is -2.04. The summed E-state index contributed by atoms with van der Waals surface area (Å²) in [5.41, 5.74) is 6.67. The van der Waals surface area contributed by atoms with Crippen LogP contribution in [0.1, 0.15) is 11.7 Å². The smallest absolute Gasteiger partial charge is 0.438 e. The van der Waals surface area contributed by atoms with Crippen molar-refractivity contribution in [1.29, 1.82) is 0 Å². The third kappa shape index (κ3) is 2.25. The van der Waals surface area contributed by atoms with Crippen molar-refractivity contribution >= 4 is 5.69 Å². The molecule has 3 nitrogen and oxygen atoms in total. The largest absolute Gasteiger partial charge is 0.468 e. The summed E-state index contributed by atoms with van der Waals surface area (Å²) in [5, 5.41) is 0. The molecule has 0 spiro atoms. The van der Waals surface area contributed by atoms with E-state index in [1.165, 1.54) is 6.92 Å². The van der Waals surface area contributed by atoms with Crippen molar-refractivity contribution in [2.45, 2.75) is 13.1 Å². The van der Waals surface area contributed by atoms with E-state index in [1.54, 1.807) is 24.3 Å². The highest BCUT2D eigenvalue weighted by atomic mass is 19.4. The molecule has 1 aromatic heterocycles. The van der Waals surface area contributed by atoms with Crippen LogP contribution in [0.4, 0.5) is 18.9 Å². The number of anilines is 1. The second-order valence-corrected chi connectivity index (χ2v) is 3.55. The summed E-state index contributed by atoms with van der Waals surface area (Å²) in [7, 11) is 0. The van der Waals surface area contributed by atoms with Gasteiger partial charge in [0, 0.05) is 11.3 Å². The molecule has 1 aromatic carbocycles. The summed E-state index contributed by atoms with van der Waals surface area (Å²) >= 11 is 0. The van der Waals surface area contributed by atoms with Crippen LogP contribution >= 0.6 is 0 Å². The van der Waals surface area contributed by atoms with E-state index in [4.69, 9.17) is 5.73 Å². The highest BCUT2D eigenvalue weighted by Gasteiger charge is 2.38. The van der Waals surface area contributed by atoms with Gasteiger partial charge >= 0.3 is 12.1 Å². The van der Waals surface area contributed by atoms with E-state index in [0.717, 1.165) is 0 Å². The molecule has 2 rings (SSSR count). The number of alkyl halides is 3. The Morgan fingerprint density at radius 3 is 2.53 bits per heavy atom. The first-order chi connectivity index (χ1) is 7.88. The topological polar surface area (TPSA) is 52.0 Å². The van der Waals surface area contributed by atoms with Gasteiger partial charge in [-0.3, -0.25) is 0 Å². The Bertz CT molecular complexity index is 546. The van der Waals surface area contributed by atoms with Gasteiger partial charge in [0.05, 0.1) is 0 Å². The first kappa shape index (κ1) is 11.5. The van der Waals surface area contributed by atoms with Gasteiger partial charge in [-0.25, -0.2) is 4.98 Å². The molecule has 2 aromatic rings. The fourth-order valence-electron chi connectivity index (χ4n) is 1.47. The normalized spacial score (nSPS) is 11.8. The van der Waals surface area contributed by atoms with Gasteiger partial charge in [0.25, 0.3) is 0 Å². The zero-order chi connectivity index (χ0) is 12.6. The van der Waals surface area contributed by atoms with Gasteiger partial charge < -0.3 is 10.2 Å². The van der Waals surface area contributed by atoms with Crippen molar-refractivity contribution < 1.29 is 17.6 Å². The number of benzene rings is 1. The van der Waals surface area contributed by atoms with Crippen LogP contribution in [0.25, 0.3) is 11.3 Å². The average Bonchev–Trinajstić information content (AvgIpc) is 2.60. The maximum Gasteiger partial charge on any atom is 0.468 e. The number of halogens is 3. The van der Waals surface area contributed by atoms with Gasteiger partial charge in [-0.1, -0.05) is 12.1 Å². The Labute approximate surface area is 95.1 Å². The molecule has 2 N–H and O–H groups in total. The zero-order valence-electron chi connectivity index (χ0n) is 8.88. The fraction of sp³-hybridized carbons (Fsp3) is 0.182. The van der Waals surface area contributed by atoms with Crippen LogP contribution in [-0.4, -0.2) is 4.98 Å². The molecule has 0 amide bonds. The molecule has 0 bridgehead atoms. The van der Waals surface area contributed by atoms with Crippen molar-refractivity contribution in [2.24, 2.45) is 0 Å². The van der Waals surface area contributed by atoms with Crippen molar-refractivity contribution in [2.75, 3.05) is 5.73 Å². The van der Waals surface area contributed by atoms with Gasteiger partial charge in [0.2, 0.25) is 0 Å². The zero-order valence-corrected chi connectivity index (χ0v) is 8.88. The van der Waals surface area contributed by atoms with Crippen LogP contribution < -0.4 is 5.73 Å². The molecule has 0 radical (unpaired) electrons. The highest BCUT2D eigenvalue weighted by Crippen LogP contribution is 2.33. The number of nitrogens with zero attached hydrogens (tertiary/aromatic N) is 1. The first-order valence-corrected chi connectivity index (χ1v) is 4.78. The van der Waals surface area contributed by atoms with E-state index in [2.05, 4.69) is 9.40 Å². The molecule has 6 heteroatoms. The molecule has 90 valence electrons. The lowest BCUT2D eigenvalue weighted by atomic mass is 10.1. The van der Waals surface area contributed by atoms with Crippen LogP contribution in [0.15, 0.2) is 28.7 Å². The van der Waals surface area contributed by atoms with Gasteiger partial charge in [0.1, 0.15) is 11.5 Å². The number of rotatable bonds is 1. The number of aromatic nitrogens is 1. The van der Waals surface area contributed by atoms with E-state index >= 15 is 0 Å². The van der Waals surface area contributed by atoms with Crippen LogP contribution in [0.5, 0.6) is 0 Å². The second-order valence-electron chi connectivity index (χ2n) is 3.55. The van der Waals surface area contributed by atoms with E-state index in [9.17, 15) is 13.2 Å². The molecule has 0 aliphatic carbocycles. The summed E-state index contributed by atoms with van der Waals surface area (Å²) in [5.74, 6) is -1.13. The second kappa shape index (κ2) is 3.80. The predicted molar refractivity (Wildman–Crippen MR) is 56.1 cm³/mol. The third-order valence-electron chi connectivity index (χ3n) is 2.20. The molecule has 1 heterocycles. The van der Waals surface area contributed by atoms with Crippen LogP contribution in [0.2, 0.25) is 0 Å². The number of hydrogen-bond donors (Lipinski definition) is 1. The van der Waals surface area contributed by atoms with Crippen LogP contribution in [-0.2, 0) is 6.18 Å². The van der Waals surface area contributed by atoms with E-state index < -0.39 is 12.1 Å². The van der Waals surface area contributed by atoms with Crippen LogP contribution in [0.3, 0.4) is 0 Å². The summed E-state index contributed by atoms with van der Waals surface area (Å²) in [6, 6.07) is 6.46. The molecule has 0 fully saturated rings. The summed E-state index contributed by atoms with van der Waals surface area (Å²) < 4.78 is 41.8. The molecule has 0 saturated heterocycles. The van der Waals surface area contributed by atoms with E-state index in [0.29, 0.717) is 11.3 Å². The monoisotopic (exact) mass is 242 g/mol. The molecule has 0 atom stereocenters. The minimum atomic E-state index is -4.58. The maximum atomic E-state index is 12.4. The van der Waals surface area contributed by atoms with E-state index in [1.807, 2.05) is 0 Å². The molecule has 0 aliphatic rings. The number of nitrogens with two attached hydrogens (primary N) is 1. The Morgan fingerprint density at radius 2 is 2.00 bits per heavy atom. The Hall–Kier alpha value is -1.98. The Morgan fingerprint density at radius 1 is 1.29 bits per heavy atom. The van der Waals surface area contributed by atoms with Crippen molar-refractivity contribution in [1.82, 2.24) is 4.98 Å². The van der Waals surface area contributed by atoms with E-state index in [-0.39, 0.29) is 11.5 Å². The predicted octanol–water partition coefficient (Wildman–Crippen LogP) is 3.25. The maximum absolute atomic E-state index is 12.4. The number of oxazole rings is 1. The first-order valence-electron chi connectivity index (χ1n) is 4.78. The van der Waals surface area contributed by atoms with Crippen molar-refractivity contribution in [3.63, 3.8) is 0 Å². The number of hydrogen-bond acceptors (Lipinski definition) is 3. The lowest BCUT2D eigenvalue weighted by Gasteiger charge is -1.99. The molecular weight excluding hydrogens is 233 g/mol. The number of nitrogen functional groups attached to an aromatic ring is 1. The number of aryl methyl sites for hydroxylation is 1. The quantitative estimate of drug-likeness (QED) is 0.781. The van der Waals surface area contributed by atoms with Gasteiger partial charge in [-0.05, 0) is 19.1 Å². The lowest BCUT2D eigenvalue weighted by molar-refractivity contribution is -0.157. The summed E-state index contributed by atoms with van der Waals surface area (Å²) in [4.78, 5) is 3.45. The molecule has 0 aliphatic heterocycles. The molecular formula is C11H9F3N2O. The van der Waals surface area contributed by atoms with Gasteiger partial charge in [-0.15, -0.1) is 0 Å². The van der Waals surface area contributed by atoms with Gasteiger partial charge in [-0.2, -0.15) is 13.2 Å². The van der Waals surface area contributed by atoms with Crippen molar-refractivity contribution in [3.8, 4) is 11.3 Å². The third-order valence-corrected chi connectivity index (χ3v) is 2.20. The SMILES string of the molecule is Cc1oc(C(F)(F)F)nc1-c1cccc(N)c1. The average molecular weight is 242 g/mol. The van der Waals surface area contributed by atoms with Crippen LogP contribution in [0, 0.1) is 6.92 Å². The highest BCUT2D eigenvalue weighted by molar-refractivity contribution is 5.65. The standard InChI is InChI=1S/C11H9F3N2O/c1-6-9(7-3-2-4-8(15)5-7)16-10(17-6)11(12,13)14/h2-5H,15H2,1H3. The molecule has 0 saturated carbocycles. The fourth-order valence-corrected chi connectivity index (χ4v) is 1.47. The van der Waals surface area contributed by atoms with Crippen molar-refractivity contribution in [3.05, 3.63) is 35.9 Å².